The zero-order chi connectivity index (χ0) is 13.5. The number of nitrogens with zero attached hydrogens (tertiary/aromatic N) is 3. The van der Waals surface area contributed by atoms with E-state index >= 15 is 0 Å². The lowest BCUT2D eigenvalue weighted by atomic mass is 10.2. The molecule has 0 spiro atoms. The molecule has 0 aliphatic heterocycles. The van der Waals surface area contributed by atoms with Gasteiger partial charge in [0.1, 0.15) is 12.0 Å². The maximum absolute atomic E-state index is 5.92. The molecule has 2 aromatic rings. The second-order valence-electron chi connectivity index (χ2n) is 3.91. The Morgan fingerprint density at radius 3 is 3.00 bits per heavy atom. The van der Waals surface area contributed by atoms with Gasteiger partial charge in [0.25, 0.3) is 0 Å². The van der Waals surface area contributed by atoms with Gasteiger partial charge in [0, 0.05) is 18.9 Å². The molecule has 0 saturated carbocycles. The summed E-state index contributed by atoms with van der Waals surface area (Å²) >= 11 is 0. The largest absolute Gasteiger partial charge is 0.476 e. The van der Waals surface area contributed by atoms with E-state index in [4.69, 9.17) is 10.5 Å². The quantitative estimate of drug-likeness (QED) is 0.817. The van der Waals surface area contributed by atoms with Crippen LogP contribution in [-0.4, -0.2) is 28.1 Å². The summed E-state index contributed by atoms with van der Waals surface area (Å²) in [6.45, 7) is 3.13. The predicted molar refractivity (Wildman–Crippen MR) is 74.0 cm³/mol. The molecule has 6 heteroatoms. The highest BCUT2D eigenvalue weighted by atomic mass is 16.5. The molecule has 0 aliphatic carbocycles. The highest BCUT2D eigenvalue weighted by Gasteiger charge is 2.08. The first kappa shape index (κ1) is 13.1. The molecule has 2 aromatic heterocycles. The Morgan fingerprint density at radius 1 is 1.37 bits per heavy atom. The fourth-order valence-electron chi connectivity index (χ4n) is 1.64. The number of aromatic nitrogens is 3. The van der Waals surface area contributed by atoms with E-state index < -0.39 is 0 Å². The minimum Gasteiger partial charge on any atom is -0.476 e. The Morgan fingerprint density at radius 2 is 2.26 bits per heavy atom. The van der Waals surface area contributed by atoms with E-state index in [1.165, 1.54) is 6.33 Å². The molecular formula is C13H17N5O. The van der Waals surface area contributed by atoms with Crippen LogP contribution in [0, 0.1) is 0 Å². The van der Waals surface area contributed by atoms with Gasteiger partial charge in [0.05, 0.1) is 6.61 Å². The maximum Gasteiger partial charge on any atom is 0.242 e. The van der Waals surface area contributed by atoms with E-state index in [0.29, 0.717) is 24.0 Å². The summed E-state index contributed by atoms with van der Waals surface area (Å²) in [5.41, 5.74) is 7.52. The van der Waals surface area contributed by atoms with Crippen molar-refractivity contribution in [1.29, 1.82) is 0 Å². The van der Waals surface area contributed by atoms with Gasteiger partial charge >= 0.3 is 0 Å². The molecule has 0 saturated heterocycles. The van der Waals surface area contributed by atoms with Gasteiger partial charge in [-0.1, -0.05) is 6.07 Å². The van der Waals surface area contributed by atoms with E-state index in [2.05, 4.69) is 20.3 Å². The number of pyridine rings is 1. The Labute approximate surface area is 112 Å². The summed E-state index contributed by atoms with van der Waals surface area (Å²) in [5.74, 6) is 1.02. The Kier molecular flexibility index (Phi) is 4.49. The lowest BCUT2D eigenvalue weighted by molar-refractivity contribution is 0.328. The van der Waals surface area contributed by atoms with Crippen LogP contribution in [0.5, 0.6) is 5.88 Å². The number of nitrogen functional groups attached to an aromatic ring is 1. The van der Waals surface area contributed by atoms with E-state index in [1.807, 2.05) is 25.3 Å². The minimum absolute atomic E-state index is 0.418. The third-order valence-electron chi connectivity index (χ3n) is 2.56. The summed E-state index contributed by atoms with van der Waals surface area (Å²) in [6, 6.07) is 3.95. The molecular weight excluding hydrogens is 242 g/mol. The molecule has 0 amide bonds. The van der Waals surface area contributed by atoms with Crippen molar-refractivity contribution in [3.63, 3.8) is 0 Å². The molecule has 19 heavy (non-hydrogen) atoms. The fourth-order valence-corrected chi connectivity index (χ4v) is 1.64. The standard InChI is InChI=1S/C13H17N5O/c1-2-19-13-11(14)12(17-9-18-13)16-7-5-10-4-3-6-15-8-10/h3-4,6,8-9H,2,5,7,14H2,1H3,(H,16,17,18). The van der Waals surface area contributed by atoms with Crippen LogP contribution < -0.4 is 15.8 Å². The Balaban J connectivity index is 1.94. The maximum atomic E-state index is 5.92. The van der Waals surface area contributed by atoms with E-state index in [0.717, 1.165) is 18.5 Å². The molecule has 0 aliphatic rings. The summed E-state index contributed by atoms with van der Waals surface area (Å²) in [7, 11) is 0. The number of hydrogen-bond acceptors (Lipinski definition) is 6. The summed E-state index contributed by atoms with van der Waals surface area (Å²) < 4.78 is 5.32. The number of rotatable bonds is 6. The third-order valence-corrected chi connectivity index (χ3v) is 2.56. The number of anilines is 2. The van der Waals surface area contributed by atoms with Gasteiger partial charge in [-0.15, -0.1) is 0 Å². The van der Waals surface area contributed by atoms with E-state index in [9.17, 15) is 0 Å². The first-order chi connectivity index (χ1) is 9.31. The van der Waals surface area contributed by atoms with Crippen LogP contribution >= 0.6 is 0 Å². The van der Waals surface area contributed by atoms with E-state index in [1.54, 1.807) is 6.20 Å². The third kappa shape index (κ3) is 3.54. The number of hydrogen-bond donors (Lipinski definition) is 2. The lowest BCUT2D eigenvalue weighted by Crippen LogP contribution is -2.10. The lowest BCUT2D eigenvalue weighted by Gasteiger charge is -2.10. The highest BCUT2D eigenvalue weighted by molar-refractivity contribution is 5.66. The average molecular weight is 259 g/mol. The highest BCUT2D eigenvalue weighted by Crippen LogP contribution is 2.24. The van der Waals surface area contributed by atoms with Crippen molar-refractivity contribution in [2.24, 2.45) is 0 Å². The van der Waals surface area contributed by atoms with Gasteiger partial charge in [-0.25, -0.2) is 4.98 Å². The van der Waals surface area contributed by atoms with Gasteiger partial charge in [-0.3, -0.25) is 4.98 Å². The molecule has 0 unspecified atom stereocenters. The average Bonchev–Trinajstić information content (AvgIpc) is 2.44. The SMILES string of the molecule is CCOc1ncnc(NCCc2cccnc2)c1N. The van der Waals surface area contributed by atoms with Gasteiger partial charge in [-0.05, 0) is 25.0 Å². The summed E-state index contributed by atoms with van der Waals surface area (Å²) in [6.07, 6.45) is 5.89. The first-order valence-electron chi connectivity index (χ1n) is 6.17. The Bertz CT molecular complexity index is 518. The van der Waals surface area contributed by atoms with Crippen molar-refractivity contribution >= 4 is 11.5 Å². The summed E-state index contributed by atoms with van der Waals surface area (Å²) in [5, 5.41) is 3.18. The van der Waals surface area contributed by atoms with Crippen molar-refractivity contribution < 1.29 is 4.74 Å². The zero-order valence-electron chi connectivity index (χ0n) is 10.8. The molecule has 2 heterocycles. The second-order valence-corrected chi connectivity index (χ2v) is 3.91. The van der Waals surface area contributed by atoms with Crippen LogP contribution in [0.4, 0.5) is 11.5 Å². The molecule has 2 rings (SSSR count). The minimum atomic E-state index is 0.418. The molecule has 0 atom stereocenters. The van der Waals surface area contributed by atoms with Gasteiger partial charge in [-0.2, -0.15) is 4.98 Å². The van der Waals surface area contributed by atoms with Gasteiger partial charge in [0.15, 0.2) is 5.82 Å². The van der Waals surface area contributed by atoms with Crippen LogP contribution in [0.15, 0.2) is 30.9 Å². The van der Waals surface area contributed by atoms with Crippen LogP contribution in [0.1, 0.15) is 12.5 Å². The predicted octanol–water partition coefficient (Wildman–Crippen LogP) is 1.51. The molecule has 0 radical (unpaired) electrons. The first-order valence-corrected chi connectivity index (χ1v) is 6.17. The molecule has 6 nitrogen and oxygen atoms in total. The zero-order valence-corrected chi connectivity index (χ0v) is 10.8. The number of nitrogens with two attached hydrogens (primary N) is 1. The van der Waals surface area contributed by atoms with Crippen LogP contribution in [0.3, 0.4) is 0 Å². The molecule has 0 fully saturated rings. The molecule has 0 aromatic carbocycles. The fraction of sp³-hybridized carbons (Fsp3) is 0.308. The van der Waals surface area contributed by atoms with Gasteiger partial charge in [0.2, 0.25) is 5.88 Å². The van der Waals surface area contributed by atoms with E-state index in [-0.39, 0.29) is 0 Å². The Hall–Kier alpha value is -2.37. The smallest absolute Gasteiger partial charge is 0.242 e. The number of nitrogens with one attached hydrogen (secondary N) is 1. The van der Waals surface area contributed by atoms with Crippen molar-refractivity contribution in [2.45, 2.75) is 13.3 Å². The topological polar surface area (TPSA) is 86.0 Å². The van der Waals surface area contributed by atoms with Crippen molar-refractivity contribution in [3.05, 3.63) is 36.4 Å². The monoisotopic (exact) mass is 259 g/mol. The second kappa shape index (κ2) is 6.53. The van der Waals surface area contributed by atoms with Crippen molar-refractivity contribution in [2.75, 3.05) is 24.2 Å². The molecule has 3 N–H and O–H groups in total. The summed E-state index contributed by atoms with van der Waals surface area (Å²) in [4.78, 5) is 12.2. The van der Waals surface area contributed by atoms with Gasteiger partial charge < -0.3 is 15.8 Å². The molecule has 100 valence electrons. The van der Waals surface area contributed by atoms with Crippen molar-refractivity contribution in [1.82, 2.24) is 15.0 Å². The molecule has 0 bridgehead atoms. The van der Waals surface area contributed by atoms with Crippen LogP contribution in [0.2, 0.25) is 0 Å². The number of ether oxygens (including phenoxy) is 1. The van der Waals surface area contributed by atoms with Crippen LogP contribution in [0.25, 0.3) is 0 Å². The normalized spacial score (nSPS) is 10.2. The van der Waals surface area contributed by atoms with Crippen LogP contribution in [-0.2, 0) is 6.42 Å². The van der Waals surface area contributed by atoms with Crippen molar-refractivity contribution in [3.8, 4) is 5.88 Å².